The van der Waals surface area contributed by atoms with Crippen LogP contribution in [0.2, 0.25) is 0 Å². The van der Waals surface area contributed by atoms with Crippen LogP contribution in [-0.2, 0) is 16.6 Å². The molecule has 0 aromatic rings. The van der Waals surface area contributed by atoms with Crippen LogP contribution in [-0.4, -0.2) is 28.3 Å². The van der Waals surface area contributed by atoms with Crippen molar-refractivity contribution in [2.24, 2.45) is 17.8 Å². The predicted octanol–water partition coefficient (Wildman–Crippen LogP) is 4.15. The van der Waals surface area contributed by atoms with E-state index in [0.29, 0.717) is 11.8 Å². The Morgan fingerprint density at radius 1 is 1.12 bits per heavy atom. The van der Waals surface area contributed by atoms with Gasteiger partial charge in [0.15, 0.2) is 0 Å². The lowest BCUT2D eigenvalue weighted by molar-refractivity contribution is -0.140. The lowest BCUT2D eigenvalue weighted by Gasteiger charge is -2.39. The molecule has 0 saturated heterocycles. The molecule has 0 bridgehead atoms. The normalized spacial score (nSPS) is 15.5. The Hall–Kier alpha value is 0.340. The van der Waals surface area contributed by atoms with E-state index in [1.807, 2.05) is 6.92 Å². The van der Waals surface area contributed by atoms with E-state index in [0.717, 1.165) is 23.8 Å². The Bertz CT molecular complexity index is 257. The molecule has 0 aliphatic rings. The number of aliphatic carboxylic acids is 1. The lowest BCUT2D eigenvalue weighted by atomic mass is 10.2. The molecule has 0 radical (unpaired) electrons. The Morgan fingerprint density at radius 3 is 1.76 bits per heavy atom. The molecule has 102 valence electrons. The van der Waals surface area contributed by atoms with Gasteiger partial charge in [-0.05, 0) is 40.9 Å². The molecule has 5 heteroatoms. The van der Waals surface area contributed by atoms with E-state index in [9.17, 15) is 4.79 Å². The van der Waals surface area contributed by atoms with Crippen molar-refractivity contribution in [1.82, 2.24) is 0 Å². The van der Waals surface area contributed by atoms with Crippen molar-refractivity contribution in [1.29, 1.82) is 0 Å². The fraction of sp³-hybridized carbons (Fsp3) is 0.917. The summed E-state index contributed by atoms with van der Waals surface area (Å²) in [7, 11) is -0.971. The van der Waals surface area contributed by atoms with Crippen LogP contribution < -0.4 is 0 Å². The zero-order valence-electron chi connectivity index (χ0n) is 11.5. The summed E-state index contributed by atoms with van der Waals surface area (Å²) in [4.78, 5) is 11.0. The first-order valence-electron chi connectivity index (χ1n) is 6.06. The highest BCUT2D eigenvalue weighted by atomic mass is 32.9. The number of carbonyl (C=O) groups is 1. The molecular formula is C12H25O2PS2. The van der Waals surface area contributed by atoms with Crippen LogP contribution in [0.3, 0.4) is 0 Å². The Morgan fingerprint density at radius 2 is 1.53 bits per heavy atom. The van der Waals surface area contributed by atoms with Crippen molar-refractivity contribution in [2.75, 3.05) is 17.3 Å². The van der Waals surface area contributed by atoms with Gasteiger partial charge in [0.05, 0.1) is 5.92 Å². The number of carboxylic acid groups (broad SMARTS) is 1. The number of hydrogen-bond donors (Lipinski definition) is 1. The van der Waals surface area contributed by atoms with E-state index in [4.69, 9.17) is 16.9 Å². The van der Waals surface area contributed by atoms with E-state index < -0.39 is 15.6 Å². The van der Waals surface area contributed by atoms with Gasteiger partial charge in [-0.25, -0.2) is 0 Å². The molecule has 1 N–H and O–H groups in total. The second kappa shape index (κ2) is 7.70. The van der Waals surface area contributed by atoms with Crippen LogP contribution in [0.4, 0.5) is 0 Å². The van der Waals surface area contributed by atoms with E-state index in [1.54, 1.807) is 0 Å². The van der Waals surface area contributed by atoms with Crippen molar-refractivity contribution < 1.29 is 9.90 Å². The molecule has 0 aliphatic carbocycles. The molecule has 0 aliphatic heterocycles. The van der Waals surface area contributed by atoms with Gasteiger partial charge in [-0.3, -0.25) is 4.79 Å². The summed E-state index contributed by atoms with van der Waals surface area (Å²) in [5.74, 6) is 3.23. The van der Waals surface area contributed by atoms with E-state index in [1.165, 1.54) is 0 Å². The molecule has 0 aromatic carbocycles. The molecule has 0 spiro atoms. The molecule has 0 heterocycles. The van der Waals surface area contributed by atoms with Crippen LogP contribution >= 0.6 is 16.2 Å². The lowest BCUT2D eigenvalue weighted by Crippen LogP contribution is -2.23. The molecule has 0 rings (SSSR count). The van der Waals surface area contributed by atoms with Gasteiger partial charge in [-0.2, -0.15) is 9.65 Å². The first-order valence-corrected chi connectivity index (χ1v) is 10.7. The van der Waals surface area contributed by atoms with Gasteiger partial charge in [0, 0.05) is 6.56 Å². The third-order valence-corrected chi connectivity index (χ3v) is 11.6. The molecule has 1 atom stereocenters. The maximum Gasteiger partial charge on any atom is 0.307 e. The predicted molar refractivity (Wildman–Crippen MR) is 83.0 cm³/mol. The second-order valence-corrected chi connectivity index (χ2v) is 12.9. The quantitative estimate of drug-likeness (QED) is 0.684. The van der Waals surface area contributed by atoms with Crippen molar-refractivity contribution in [3.05, 3.63) is 0 Å². The van der Waals surface area contributed by atoms with Gasteiger partial charge in [-0.15, -0.1) is 0 Å². The van der Waals surface area contributed by atoms with Gasteiger partial charge in [-0.1, -0.05) is 34.6 Å². The van der Waals surface area contributed by atoms with Gasteiger partial charge in [0.1, 0.15) is 0 Å². The largest absolute Gasteiger partial charge is 0.481 e. The van der Waals surface area contributed by atoms with Crippen LogP contribution in [0.5, 0.6) is 0 Å². The summed E-state index contributed by atoms with van der Waals surface area (Å²) >= 11 is 5.34. The van der Waals surface area contributed by atoms with Crippen molar-refractivity contribution in [3.63, 3.8) is 0 Å². The Labute approximate surface area is 113 Å². The number of carboxylic acids is 1. The molecule has 1 unspecified atom stereocenters. The third-order valence-electron chi connectivity index (χ3n) is 2.43. The standard InChI is InChI=1S/C12H25O2PS2/c1-9(2)6-17(15-16,7-10(3)4)8-11(5)12(13)14/h9-11H,6-8H2,1-5H3,(H,13,14). The van der Waals surface area contributed by atoms with Gasteiger partial charge in [0.25, 0.3) is 0 Å². The molecule has 2 nitrogen and oxygen atoms in total. The highest BCUT2D eigenvalue weighted by molar-refractivity contribution is 8.77. The Balaban J connectivity index is 4.90. The summed E-state index contributed by atoms with van der Waals surface area (Å²) < 4.78 is 0. The van der Waals surface area contributed by atoms with E-state index in [2.05, 4.69) is 27.7 Å². The summed E-state index contributed by atoms with van der Waals surface area (Å²) in [6.45, 7) is 11.6. The summed E-state index contributed by atoms with van der Waals surface area (Å²) in [5.41, 5.74) is 0. The smallest absolute Gasteiger partial charge is 0.307 e. The summed E-state index contributed by atoms with van der Waals surface area (Å²) in [6.07, 6.45) is 0. The summed E-state index contributed by atoms with van der Waals surface area (Å²) in [5, 5.41) is 9.09. The highest BCUT2D eigenvalue weighted by Gasteiger charge is 2.29. The van der Waals surface area contributed by atoms with Crippen molar-refractivity contribution >= 4 is 34.0 Å². The van der Waals surface area contributed by atoms with Crippen LogP contribution in [0.15, 0.2) is 0 Å². The molecule has 0 fully saturated rings. The Kier molecular flexibility index (Phi) is 7.86. The van der Waals surface area contributed by atoms with Gasteiger partial charge >= 0.3 is 5.97 Å². The molecule has 0 aromatic heterocycles. The number of hydrogen-bond acceptors (Lipinski definition) is 2. The zero-order valence-corrected chi connectivity index (χ0v) is 14.0. The van der Waals surface area contributed by atoms with Gasteiger partial charge in [0.2, 0.25) is 0 Å². The van der Waals surface area contributed by atoms with Crippen LogP contribution in [0, 0.1) is 17.8 Å². The fourth-order valence-corrected chi connectivity index (χ4v) is 10.9. The molecule has 0 amide bonds. The molecular weight excluding hydrogens is 271 g/mol. The monoisotopic (exact) mass is 296 g/mol. The minimum Gasteiger partial charge on any atom is -0.481 e. The first kappa shape index (κ1) is 17.3. The van der Waals surface area contributed by atoms with E-state index in [-0.39, 0.29) is 5.92 Å². The third kappa shape index (κ3) is 6.73. The second-order valence-electron chi connectivity index (χ2n) is 5.60. The molecule has 17 heavy (non-hydrogen) atoms. The number of rotatable bonds is 8. The average Bonchev–Trinajstić information content (AvgIpc) is 2.15. The minimum absolute atomic E-state index is 0.266. The molecule has 0 saturated carbocycles. The maximum absolute atomic E-state index is 11.0. The van der Waals surface area contributed by atoms with Crippen molar-refractivity contribution in [2.45, 2.75) is 34.6 Å². The minimum atomic E-state index is -0.971. The fourth-order valence-electron chi connectivity index (χ4n) is 2.07. The van der Waals surface area contributed by atoms with Gasteiger partial charge < -0.3 is 5.11 Å². The SMILES string of the molecule is CC(C)CS(CC(C)C)(CC(C)C(=O)O)P=S. The average molecular weight is 296 g/mol. The zero-order chi connectivity index (χ0) is 13.6. The maximum atomic E-state index is 11.0. The topological polar surface area (TPSA) is 37.3 Å². The first-order chi connectivity index (χ1) is 7.72. The van der Waals surface area contributed by atoms with Crippen LogP contribution in [0.25, 0.3) is 0 Å². The van der Waals surface area contributed by atoms with Crippen molar-refractivity contribution in [3.8, 4) is 0 Å². The highest BCUT2D eigenvalue weighted by Crippen LogP contribution is 2.62. The van der Waals surface area contributed by atoms with Crippen LogP contribution in [0.1, 0.15) is 34.6 Å². The summed E-state index contributed by atoms with van der Waals surface area (Å²) in [6, 6.07) is 0. The van der Waals surface area contributed by atoms with E-state index >= 15 is 0 Å².